The third-order valence-electron chi connectivity index (χ3n) is 2.15. The fraction of sp³-hybridized carbons (Fsp3) is 0.333. The van der Waals surface area contributed by atoms with Gasteiger partial charge in [0.05, 0.1) is 11.6 Å². The van der Waals surface area contributed by atoms with Gasteiger partial charge in [-0.1, -0.05) is 13.0 Å². The highest BCUT2D eigenvalue weighted by Gasteiger charge is 2.01. The summed E-state index contributed by atoms with van der Waals surface area (Å²) < 4.78 is 0. The van der Waals surface area contributed by atoms with Gasteiger partial charge in [-0.15, -0.1) is 0 Å². The monoisotopic (exact) mass is 233 g/mol. The van der Waals surface area contributed by atoms with E-state index in [0.717, 1.165) is 24.2 Å². The number of rotatable bonds is 3. The van der Waals surface area contributed by atoms with Gasteiger partial charge in [-0.3, -0.25) is 0 Å². The lowest BCUT2D eigenvalue weighted by molar-refractivity contribution is 0.846. The molecule has 0 heterocycles. The molecule has 0 aliphatic carbocycles. The van der Waals surface area contributed by atoms with Crippen LogP contribution in [-0.2, 0) is 0 Å². The first-order valence-electron chi connectivity index (χ1n) is 5.23. The molecule has 0 aliphatic rings. The smallest absolute Gasteiger partial charge is 0.170 e. The molecule has 1 rings (SSSR count). The summed E-state index contributed by atoms with van der Waals surface area (Å²) in [4.78, 5) is 0. The van der Waals surface area contributed by atoms with E-state index in [0.29, 0.717) is 10.7 Å². The molecule has 0 spiro atoms. The summed E-state index contributed by atoms with van der Waals surface area (Å²) in [5.41, 5.74) is 2.58. The molecule has 0 unspecified atom stereocenters. The van der Waals surface area contributed by atoms with Crippen LogP contribution in [0.5, 0.6) is 0 Å². The van der Waals surface area contributed by atoms with Gasteiger partial charge in [-0.2, -0.15) is 5.26 Å². The Bertz CT molecular complexity index is 421. The topological polar surface area (TPSA) is 47.8 Å². The SMILES string of the molecule is CCCNC(=S)Nc1cc(C#N)ccc1C. The van der Waals surface area contributed by atoms with Gasteiger partial charge in [0.25, 0.3) is 0 Å². The van der Waals surface area contributed by atoms with Gasteiger partial charge in [0.1, 0.15) is 0 Å². The van der Waals surface area contributed by atoms with Gasteiger partial charge >= 0.3 is 0 Å². The van der Waals surface area contributed by atoms with E-state index in [9.17, 15) is 0 Å². The summed E-state index contributed by atoms with van der Waals surface area (Å²) in [5, 5.41) is 15.6. The molecule has 0 fully saturated rings. The van der Waals surface area contributed by atoms with Crippen LogP contribution in [-0.4, -0.2) is 11.7 Å². The number of hydrogen-bond donors (Lipinski definition) is 2. The van der Waals surface area contributed by atoms with Crippen LogP contribution in [0.15, 0.2) is 18.2 Å². The van der Waals surface area contributed by atoms with Gasteiger partial charge < -0.3 is 10.6 Å². The highest BCUT2D eigenvalue weighted by atomic mass is 32.1. The average Bonchev–Trinajstić information content (AvgIpc) is 2.29. The molecule has 0 amide bonds. The molecule has 4 heteroatoms. The van der Waals surface area contributed by atoms with Crippen molar-refractivity contribution in [2.75, 3.05) is 11.9 Å². The number of thiocarbonyl (C=S) groups is 1. The Morgan fingerprint density at radius 3 is 2.88 bits per heavy atom. The molecule has 84 valence electrons. The molecule has 0 saturated heterocycles. The van der Waals surface area contributed by atoms with Crippen LogP contribution in [0.2, 0.25) is 0 Å². The maximum absolute atomic E-state index is 8.80. The summed E-state index contributed by atoms with van der Waals surface area (Å²) in [6, 6.07) is 7.61. The van der Waals surface area contributed by atoms with Gasteiger partial charge in [0, 0.05) is 12.2 Å². The Morgan fingerprint density at radius 2 is 2.25 bits per heavy atom. The number of nitrogens with zero attached hydrogens (tertiary/aromatic N) is 1. The molecule has 0 aliphatic heterocycles. The van der Waals surface area contributed by atoms with E-state index in [1.807, 2.05) is 13.0 Å². The maximum Gasteiger partial charge on any atom is 0.170 e. The Balaban J connectivity index is 2.73. The number of anilines is 1. The van der Waals surface area contributed by atoms with E-state index in [1.165, 1.54) is 0 Å². The van der Waals surface area contributed by atoms with Crippen LogP contribution in [0.4, 0.5) is 5.69 Å². The third-order valence-corrected chi connectivity index (χ3v) is 2.40. The molecule has 0 aromatic heterocycles. The molecule has 16 heavy (non-hydrogen) atoms. The van der Waals surface area contributed by atoms with Gasteiger partial charge in [-0.05, 0) is 43.3 Å². The second kappa shape index (κ2) is 6.09. The first-order chi connectivity index (χ1) is 7.67. The lowest BCUT2D eigenvalue weighted by Crippen LogP contribution is -2.29. The number of aryl methyl sites for hydroxylation is 1. The number of hydrogen-bond acceptors (Lipinski definition) is 2. The summed E-state index contributed by atoms with van der Waals surface area (Å²) in [7, 11) is 0. The summed E-state index contributed by atoms with van der Waals surface area (Å²) >= 11 is 5.14. The Labute approximate surface area is 101 Å². The minimum atomic E-state index is 0.597. The lowest BCUT2D eigenvalue weighted by atomic mass is 10.1. The summed E-state index contributed by atoms with van der Waals surface area (Å²) in [6.07, 6.45) is 1.03. The van der Waals surface area contributed by atoms with E-state index in [4.69, 9.17) is 17.5 Å². The Kier molecular flexibility index (Phi) is 4.74. The van der Waals surface area contributed by atoms with Crippen LogP contribution in [0, 0.1) is 18.3 Å². The Morgan fingerprint density at radius 1 is 1.50 bits per heavy atom. The second-order valence-electron chi connectivity index (χ2n) is 3.52. The van der Waals surface area contributed by atoms with Crippen molar-refractivity contribution in [1.29, 1.82) is 5.26 Å². The number of nitriles is 1. The standard InChI is InChI=1S/C12H15N3S/c1-3-6-14-12(16)15-11-7-10(8-13)5-4-9(11)2/h4-5,7H,3,6H2,1-2H3,(H2,14,15,16). The molecule has 0 atom stereocenters. The molecule has 1 aromatic carbocycles. The molecule has 1 aromatic rings. The van der Waals surface area contributed by atoms with Crippen LogP contribution in [0.3, 0.4) is 0 Å². The van der Waals surface area contributed by atoms with Crippen molar-refractivity contribution in [2.45, 2.75) is 20.3 Å². The van der Waals surface area contributed by atoms with Gasteiger partial charge in [0.2, 0.25) is 0 Å². The zero-order chi connectivity index (χ0) is 12.0. The third kappa shape index (κ3) is 3.52. The van der Waals surface area contributed by atoms with Crippen molar-refractivity contribution in [3.05, 3.63) is 29.3 Å². The normalized spacial score (nSPS) is 9.31. The predicted octanol–water partition coefficient (Wildman–Crippen LogP) is 2.56. The van der Waals surface area contributed by atoms with Crippen LogP contribution in [0.25, 0.3) is 0 Å². The summed E-state index contributed by atoms with van der Waals surface area (Å²) in [5.74, 6) is 0. The molecular weight excluding hydrogens is 218 g/mol. The van der Waals surface area contributed by atoms with Crippen molar-refractivity contribution in [3.63, 3.8) is 0 Å². The average molecular weight is 233 g/mol. The predicted molar refractivity (Wildman–Crippen MR) is 70.4 cm³/mol. The van der Waals surface area contributed by atoms with Crippen molar-refractivity contribution < 1.29 is 0 Å². The van der Waals surface area contributed by atoms with E-state index in [1.54, 1.807) is 12.1 Å². The van der Waals surface area contributed by atoms with Crippen molar-refractivity contribution in [2.24, 2.45) is 0 Å². The van der Waals surface area contributed by atoms with Crippen LogP contribution in [0.1, 0.15) is 24.5 Å². The quantitative estimate of drug-likeness (QED) is 0.788. The molecule has 3 nitrogen and oxygen atoms in total. The second-order valence-corrected chi connectivity index (χ2v) is 3.93. The fourth-order valence-electron chi connectivity index (χ4n) is 1.23. The largest absolute Gasteiger partial charge is 0.362 e. The number of benzene rings is 1. The zero-order valence-electron chi connectivity index (χ0n) is 9.50. The van der Waals surface area contributed by atoms with Crippen molar-refractivity contribution >= 4 is 23.0 Å². The molecule has 2 N–H and O–H groups in total. The molecule has 0 radical (unpaired) electrons. The zero-order valence-corrected chi connectivity index (χ0v) is 10.3. The lowest BCUT2D eigenvalue weighted by Gasteiger charge is -2.11. The van der Waals surface area contributed by atoms with Crippen LogP contribution < -0.4 is 10.6 Å². The molecule has 0 saturated carbocycles. The highest BCUT2D eigenvalue weighted by Crippen LogP contribution is 2.16. The van der Waals surface area contributed by atoms with E-state index in [2.05, 4.69) is 23.6 Å². The van der Waals surface area contributed by atoms with Gasteiger partial charge in [0.15, 0.2) is 5.11 Å². The van der Waals surface area contributed by atoms with Gasteiger partial charge in [-0.25, -0.2) is 0 Å². The first-order valence-corrected chi connectivity index (χ1v) is 5.63. The van der Waals surface area contributed by atoms with Crippen LogP contribution >= 0.6 is 12.2 Å². The fourth-order valence-corrected chi connectivity index (χ4v) is 1.44. The first kappa shape index (κ1) is 12.5. The minimum Gasteiger partial charge on any atom is -0.362 e. The molecular formula is C12H15N3S. The minimum absolute atomic E-state index is 0.597. The highest BCUT2D eigenvalue weighted by molar-refractivity contribution is 7.80. The molecule has 0 bridgehead atoms. The summed E-state index contributed by atoms with van der Waals surface area (Å²) in [6.45, 7) is 4.91. The maximum atomic E-state index is 8.80. The number of nitrogens with one attached hydrogen (secondary N) is 2. The Hall–Kier alpha value is -1.60. The van der Waals surface area contributed by atoms with Crippen molar-refractivity contribution in [1.82, 2.24) is 5.32 Å². The van der Waals surface area contributed by atoms with Crippen molar-refractivity contribution in [3.8, 4) is 6.07 Å². The van der Waals surface area contributed by atoms with E-state index in [-0.39, 0.29) is 0 Å². The van der Waals surface area contributed by atoms with E-state index < -0.39 is 0 Å². The van der Waals surface area contributed by atoms with E-state index >= 15 is 0 Å².